The summed E-state index contributed by atoms with van der Waals surface area (Å²) in [6.45, 7) is 0. The van der Waals surface area contributed by atoms with Gasteiger partial charge in [0, 0.05) is 11.8 Å². The minimum Gasteiger partial charge on any atom is -0.508 e. The lowest BCUT2D eigenvalue weighted by Gasteiger charge is -2.06. The molecule has 0 bridgehead atoms. The summed E-state index contributed by atoms with van der Waals surface area (Å²) in [7, 11) is 0. The molecule has 1 aromatic carbocycles. The minimum absolute atomic E-state index is 0.269. The van der Waals surface area contributed by atoms with Gasteiger partial charge in [0.05, 0.1) is 0 Å². The average molecular weight is 219 g/mol. The second-order valence-electron chi connectivity index (χ2n) is 2.88. The summed E-state index contributed by atoms with van der Waals surface area (Å²) in [5.41, 5.74) is 2.17. The first kappa shape index (κ1) is 10.7. The Morgan fingerprint density at radius 2 is 1.92 bits per heavy atom. The lowest BCUT2D eigenvalue weighted by atomic mass is 10.0. The van der Waals surface area contributed by atoms with Crippen LogP contribution in [-0.4, -0.2) is 11.0 Å². The number of rotatable bonds is 4. The van der Waals surface area contributed by atoms with Crippen molar-refractivity contribution in [3.63, 3.8) is 0 Å². The molecular weight excluding hydrogens is 207 g/mol. The van der Waals surface area contributed by atoms with E-state index in [9.17, 15) is 5.11 Å². The predicted molar refractivity (Wildman–Crippen MR) is 56.7 cm³/mol. The normalized spacial score (nSPS) is 10.3. The molecule has 0 aliphatic heterocycles. The lowest BCUT2D eigenvalue weighted by Crippen LogP contribution is -1.92. The number of aryl methyl sites for hydroxylation is 1. The van der Waals surface area contributed by atoms with E-state index in [0.29, 0.717) is 11.8 Å². The second-order valence-corrected chi connectivity index (χ2v) is 3.52. The van der Waals surface area contributed by atoms with Crippen LogP contribution in [0.15, 0.2) is 18.2 Å². The fraction of sp³-hybridized carbons (Fsp3) is 0.400. The van der Waals surface area contributed by atoms with Gasteiger partial charge in [0.25, 0.3) is 0 Å². The molecule has 13 heavy (non-hydrogen) atoms. The van der Waals surface area contributed by atoms with Gasteiger partial charge < -0.3 is 5.11 Å². The molecule has 1 nitrogen and oxygen atoms in total. The third kappa shape index (κ3) is 3.09. The van der Waals surface area contributed by atoms with Crippen LogP contribution >= 0.6 is 23.2 Å². The van der Waals surface area contributed by atoms with E-state index in [1.165, 1.54) is 5.56 Å². The van der Waals surface area contributed by atoms with Crippen molar-refractivity contribution in [2.75, 3.05) is 5.88 Å². The topological polar surface area (TPSA) is 20.2 Å². The van der Waals surface area contributed by atoms with Gasteiger partial charge in [0.1, 0.15) is 5.75 Å². The molecule has 1 N–H and O–H groups in total. The number of phenolic OH excluding ortho intramolecular Hbond substituents is 1. The molecule has 0 aliphatic rings. The van der Waals surface area contributed by atoms with Crippen LogP contribution in [0.1, 0.15) is 17.5 Å². The third-order valence-electron chi connectivity index (χ3n) is 1.91. The van der Waals surface area contributed by atoms with E-state index in [1.807, 2.05) is 6.07 Å². The van der Waals surface area contributed by atoms with Crippen LogP contribution in [0, 0.1) is 0 Å². The van der Waals surface area contributed by atoms with Gasteiger partial charge in [-0.2, -0.15) is 0 Å². The van der Waals surface area contributed by atoms with Crippen LogP contribution in [0.3, 0.4) is 0 Å². The monoisotopic (exact) mass is 218 g/mol. The van der Waals surface area contributed by atoms with E-state index in [2.05, 4.69) is 0 Å². The Bertz CT molecular complexity index is 274. The van der Waals surface area contributed by atoms with Gasteiger partial charge in [-0.15, -0.1) is 23.2 Å². The fourth-order valence-corrected chi connectivity index (χ4v) is 1.62. The van der Waals surface area contributed by atoms with Crippen molar-refractivity contribution in [1.29, 1.82) is 0 Å². The van der Waals surface area contributed by atoms with Crippen molar-refractivity contribution in [1.82, 2.24) is 0 Å². The molecule has 0 saturated heterocycles. The van der Waals surface area contributed by atoms with Crippen LogP contribution in [0.25, 0.3) is 0 Å². The zero-order valence-corrected chi connectivity index (χ0v) is 8.78. The number of hydrogen-bond donors (Lipinski definition) is 1. The van der Waals surface area contributed by atoms with E-state index in [1.54, 1.807) is 12.1 Å². The largest absolute Gasteiger partial charge is 0.508 e. The van der Waals surface area contributed by atoms with Crippen molar-refractivity contribution >= 4 is 23.2 Å². The molecule has 3 heteroatoms. The summed E-state index contributed by atoms with van der Waals surface area (Å²) in [5, 5.41) is 9.21. The van der Waals surface area contributed by atoms with Gasteiger partial charge in [-0.1, -0.05) is 6.07 Å². The third-order valence-corrected chi connectivity index (χ3v) is 2.47. The van der Waals surface area contributed by atoms with Gasteiger partial charge in [0.15, 0.2) is 0 Å². The molecule has 72 valence electrons. The maximum atomic E-state index is 9.21. The Labute approximate surface area is 88.3 Å². The highest BCUT2D eigenvalue weighted by Gasteiger charge is 2.02. The lowest BCUT2D eigenvalue weighted by molar-refractivity contribution is 0.474. The molecule has 0 radical (unpaired) electrons. The smallest absolute Gasteiger partial charge is 0.115 e. The summed E-state index contributed by atoms with van der Waals surface area (Å²) in [6.07, 6.45) is 1.86. The Morgan fingerprint density at radius 1 is 1.15 bits per heavy atom. The summed E-state index contributed by atoms with van der Waals surface area (Å²) in [4.78, 5) is 0. The SMILES string of the molecule is Oc1ccc(CCCCl)c(CCl)c1. The van der Waals surface area contributed by atoms with E-state index in [0.717, 1.165) is 18.4 Å². The van der Waals surface area contributed by atoms with E-state index in [4.69, 9.17) is 23.2 Å². The summed E-state index contributed by atoms with van der Waals surface area (Å²) >= 11 is 11.3. The Morgan fingerprint density at radius 3 is 2.54 bits per heavy atom. The molecule has 0 saturated carbocycles. The number of aromatic hydroxyl groups is 1. The molecular formula is C10H12Cl2O. The highest BCUT2D eigenvalue weighted by atomic mass is 35.5. The Kier molecular flexibility index (Phi) is 4.40. The van der Waals surface area contributed by atoms with E-state index >= 15 is 0 Å². The van der Waals surface area contributed by atoms with Crippen LogP contribution in [0.4, 0.5) is 0 Å². The van der Waals surface area contributed by atoms with Crippen molar-refractivity contribution in [2.24, 2.45) is 0 Å². The Hall–Kier alpha value is -0.400. The molecule has 1 aromatic rings. The van der Waals surface area contributed by atoms with Crippen LogP contribution in [0.5, 0.6) is 5.75 Å². The van der Waals surface area contributed by atoms with Crippen molar-refractivity contribution in [2.45, 2.75) is 18.7 Å². The molecule has 1 rings (SSSR count). The molecule has 0 atom stereocenters. The zero-order valence-electron chi connectivity index (χ0n) is 7.26. The van der Waals surface area contributed by atoms with E-state index < -0.39 is 0 Å². The molecule has 0 fully saturated rings. The summed E-state index contributed by atoms with van der Waals surface area (Å²) in [5.74, 6) is 1.36. The molecule has 0 heterocycles. The quantitative estimate of drug-likeness (QED) is 0.770. The van der Waals surface area contributed by atoms with Gasteiger partial charge in [-0.25, -0.2) is 0 Å². The molecule has 0 spiro atoms. The highest BCUT2D eigenvalue weighted by Crippen LogP contribution is 2.19. The van der Waals surface area contributed by atoms with Crippen LogP contribution < -0.4 is 0 Å². The predicted octanol–water partition coefficient (Wildman–Crippen LogP) is 3.30. The number of hydrogen-bond acceptors (Lipinski definition) is 1. The maximum absolute atomic E-state index is 9.21. The fourth-order valence-electron chi connectivity index (χ4n) is 1.24. The van der Waals surface area contributed by atoms with E-state index in [-0.39, 0.29) is 5.75 Å². The number of phenols is 1. The zero-order chi connectivity index (χ0) is 9.68. The molecule has 0 unspecified atom stereocenters. The van der Waals surface area contributed by atoms with Gasteiger partial charge in [-0.3, -0.25) is 0 Å². The van der Waals surface area contributed by atoms with Crippen LogP contribution in [0.2, 0.25) is 0 Å². The van der Waals surface area contributed by atoms with Gasteiger partial charge >= 0.3 is 0 Å². The minimum atomic E-state index is 0.269. The first-order chi connectivity index (χ1) is 6.27. The maximum Gasteiger partial charge on any atom is 0.115 e. The number of benzene rings is 1. The molecule has 0 aliphatic carbocycles. The van der Waals surface area contributed by atoms with Gasteiger partial charge in [0.2, 0.25) is 0 Å². The summed E-state index contributed by atoms with van der Waals surface area (Å²) < 4.78 is 0. The first-order valence-corrected chi connectivity index (χ1v) is 5.27. The highest BCUT2D eigenvalue weighted by molar-refractivity contribution is 6.18. The van der Waals surface area contributed by atoms with Crippen LogP contribution in [-0.2, 0) is 12.3 Å². The first-order valence-electron chi connectivity index (χ1n) is 4.20. The van der Waals surface area contributed by atoms with Gasteiger partial charge in [-0.05, 0) is 36.1 Å². The second kappa shape index (κ2) is 5.36. The number of halogens is 2. The average Bonchev–Trinajstić information content (AvgIpc) is 2.16. The van der Waals surface area contributed by atoms with Crippen molar-refractivity contribution in [3.8, 4) is 5.75 Å². The van der Waals surface area contributed by atoms with Crippen molar-refractivity contribution < 1.29 is 5.11 Å². The summed E-state index contributed by atoms with van der Waals surface area (Å²) in [6, 6.07) is 5.29. The molecule has 0 amide bonds. The molecule has 0 aromatic heterocycles. The Balaban J connectivity index is 2.79. The standard InChI is InChI=1S/C10H12Cl2O/c11-5-1-2-8-3-4-10(13)6-9(8)7-12/h3-4,6,13H,1-2,5,7H2. The van der Waals surface area contributed by atoms with Crippen molar-refractivity contribution in [3.05, 3.63) is 29.3 Å². The number of alkyl halides is 2.